The maximum Gasteiger partial charge on any atom is 0.330 e. The second-order valence-electron chi connectivity index (χ2n) is 6.58. The molecule has 3 amide bonds. The molecule has 1 atom stereocenters. The molecule has 0 spiro atoms. The summed E-state index contributed by atoms with van der Waals surface area (Å²) in [5.74, 6) is -2.92. The number of halogens is 1. The van der Waals surface area contributed by atoms with Crippen LogP contribution in [0.4, 0.5) is 14.9 Å². The Morgan fingerprint density at radius 2 is 2.00 bits per heavy atom. The van der Waals surface area contributed by atoms with Gasteiger partial charge in [-0.15, -0.1) is 0 Å². The molecule has 0 aromatic heterocycles. The first-order valence-corrected chi connectivity index (χ1v) is 8.74. The average molecular weight is 385 g/mol. The zero-order valence-corrected chi connectivity index (χ0v) is 15.5. The maximum absolute atomic E-state index is 14.3. The van der Waals surface area contributed by atoms with Crippen molar-refractivity contribution in [3.8, 4) is 0 Å². The molecule has 1 heterocycles. The quantitative estimate of drug-likeness (QED) is 0.737. The predicted octanol–water partition coefficient (Wildman–Crippen LogP) is 2.53. The number of aliphatic carboxylic acids is 1. The van der Waals surface area contributed by atoms with Crippen molar-refractivity contribution in [1.29, 1.82) is 0 Å². The van der Waals surface area contributed by atoms with Gasteiger partial charge in [-0.05, 0) is 48.7 Å². The first kappa shape index (κ1) is 19.3. The van der Waals surface area contributed by atoms with Crippen LogP contribution in [0.25, 0.3) is 0 Å². The van der Waals surface area contributed by atoms with E-state index < -0.39 is 23.7 Å². The van der Waals surface area contributed by atoms with Gasteiger partial charge in [0.2, 0.25) is 0 Å². The number of nitrogens with one attached hydrogen (secondary N) is 2. The largest absolute Gasteiger partial charge is 0.479 e. The number of hydrogen-bond donors (Lipinski definition) is 3. The van der Waals surface area contributed by atoms with Crippen molar-refractivity contribution in [1.82, 2.24) is 10.6 Å². The highest BCUT2D eigenvalue weighted by molar-refractivity contribution is 6.00. The Morgan fingerprint density at radius 1 is 1.25 bits per heavy atom. The van der Waals surface area contributed by atoms with Crippen LogP contribution < -0.4 is 15.5 Å². The Labute approximate surface area is 161 Å². The van der Waals surface area contributed by atoms with Crippen LogP contribution in [0.5, 0.6) is 0 Å². The molecule has 1 fully saturated rings. The molecule has 2 aromatic carbocycles. The second-order valence-corrected chi connectivity index (χ2v) is 6.58. The number of anilines is 1. The van der Waals surface area contributed by atoms with Crippen molar-refractivity contribution in [2.24, 2.45) is 0 Å². The van der Waals surface area contributed by atoms with Gasteiger partial charge in [0.1, 0.15) is 5.82 Å². The predicted molar refractivity (Wildman–Crippen MR) is 101 cm³/mol. The number of carboxylic acid groups (broad SMARTS) is 1. The molecule has 1 aliphatic heterocycles. The summed E-state index contributed by atoms with van der Waals surface area (Å²) in [7, 11) is 0. The lowest BCUT2D eigenvalue weighted by Crippen LogP contribution is -2.35. The number of urea groups is 1. The van der Waals surface area contributed by atoms with Gasteiger partial charge in [0.15, 0.2) is 6.04 Å². The molecule has 7 nitrogen and oxygen atoms in total. The zero-order chi connectivity index (χ0) is 20.4. The third-order valence-electron chi connectivity index (χ3n) is 4.84. The standard InChI is InChI=1S/C20H20FN3O4/c1-11-4-3-5-14(12(11)2)17(19(26)27)23-18(25)15-10-13(6-7-16(15)21)24-9-8-22-20(24)28/h3-7,10,17H,8-9H2,1-2H3,(H,22,28)(H,23,25)(H,26,27). The molecule has 146 valence electrons. The molecule has 3 rings (SSSR count). The van der Waals surface area contributed by atoms with E-state index >= 15 is 0 Å². The Kier molecular flexibility index (Phi) is 5.30. The molecule has 8 heteroatoms. The van der Waals surface area contributed by atoms with E-state index in [1.165, 1.54) is 17.0 Å². The smallest absolute Gasteiger partial charge is 0.330 e. The summed E-state index contributed by atoms with van der Waals surface area (Å²) in [6.45, 7) is 4.45. The summed E-state index contributed by atoms with van der Waals surface area (Å²) in [6, 6.07) is 7.22. The molecule has 1 saturated heterocycles. The number of carbonyl (C=O) groups is 3. The van der Waals surface area contributed by atoms with Crippen molar-refractivity contribution in [3.63, 3.8) is 0 Å². The van der Waals surface area contributed by atoms with Crippen LogP contribution >= 0.6 is 0 Å². The molecule has 2 aromatic rings. The van der Waals surface area contributed by atoms with Gasteiger partial charge < -0.3 is 15.7 Å². The SMILES string of the molecule is Cc1cccc(C(NC(=O)c2cc(N3CCNC3=O)ccc2F)C(=O)O)c1C. The van der Waals surface area contributed by atoms with E-state index in [9.17, 15) is 23.9 Å². The fourth-order valence-corrected chi connectivity index (χ4v) is 3.14. The molecule has 0 aliphatic carbocycles. The number of hydrogen-bond acceptors (Lipinski definition) is 3. The molecule has 0 radical (unpaired) electrons. The number of rotatable bonds is 5. The summed E-state index contributed by atoms with van der Waals surface area (Å²) in [5, 5.41) is 14.6. The highest BCUT2D eigenvalue weighted by Gasteiger charge is 2.27. The van der Waals surface area contributed by atoms with Crippen molar-refractivity contribution in [3.05, 3.63) is 64.5 Å². The van der Waals surface area contributed by atoms with E-state index in [1.54, 1.807) is 19.1 Å². The van der Waals surface area contributed by atoms with Crippen molar-refractivity contribution in [2.75, 3.05) is 18.0 Å². The number of aryl methyl sites for hydroxylation is 1. The highest BCUT2D eigenvalue weighted by atomic mass is 19.1. The first-order chi connectivity index (χ1) is 13.3. The third-order valence-corrected chi connectivity index (χ3v) is 4.84. The lowest BCUT2D eigenvalue weighted by Gasteiger charge is -2.19. The Morgan fingerprint density at radius 3 is 2.64 bits per heavy atom. The number of nitrogens with zero attached hydrogens (tertiary/aromatic N) is 1. The van der Waals surface area contributed by atoms with Crippen LogP contribution in [0.2, 0.25) is 0 Å². The fraction of sp³-hybridized carbons (Fsp3) is 0.250. The summed E-state index contributed by atoms with van der Waals surface area (Å²) >= 11 is 0. The van der Waals surface area contributed by atoms with Gasteiger partial charge in [-0.1, -0.05) is 18.2 Å². The Balaban J connectivity index is 1.91. The van der Waals surface area contributed by atoms with Crippen LogP contribution in [0.15, 0.2) is 36.4 Å². The first-order valence-electron chi connectivity index (χ1n) is 8.74. The number of benzene rings is 2. The van der Waals surface area contributed by atoms with Crippen LogP contribution in [-0.4, -0.2) is 36.1 Å². The van der Waals surface area contributed by atoms with Gasteiger partial charge >= 0.3 is 12.0 Å². The maximum atomic E-state index is 14.3. The summed E-state index contributed by atoms with van der Waals surface area (Å²) in [6.07, 6.45) is 0. The molecule has 1 unspecified atom stereocenters. The average Bonchev–Trinajstić information content (AvgIpc) is 3.08. The summed E-state index contributed by atoms with van der Waals surface area (Å²) in [4.78, 5) is 37.6. The van der Waals surface area contributed by atoms with Gasteiger partial charge in [-0.3, -0.25) is 9.69 Å². The summed E-state index contributed by atoms with van der Waals surface area (Å²) < 4.78 is 14.3. The molecule has 28 heavy (non-hydrogen) atoms. The number of carboxylic acids is 1. The van der Waals surface area contributed by atoms with E-state index in [0.717, 1.165) is 17.2 Å². The fourth-order valence-electron chi connectivity index (χ4n) is 3.14. The lowest BCUT2D eigenvalue weighted by molar-refractivity contribution is -0.139. The van der Waals surface area contributed by atoms with E-state index in [4.69, 9.17) is 0 Å². The van der Waals surface area contributed by atoms with Gasteiger partial charge in [0.25, 0.3) is 5.91 Å². The third kappa shape index (κ3) is 3.66. The van der Waals surface area contributed by atoms with Crippen LogP contribution in [0.3, 0.4) is 0 Å². The van der Waals surface area contributed by atoms with Gasteiger partial charge in [-0.25, -0.2) is 14.0 Å². The summed E-state index contributed by atoms with van der Waals surface area (Å²) in [5.41, 5.74) is 2.08. The monoisotopic (exact) mass is 385 g/mol. The molecule has 0 bridgehead atoms. The molecular formula is C20H20FN3O4. The van der Waals surface area contributed by atoms with Gasteiger partial charge in [-0.2, -0.15) is 0 Å². The van der Waals surface area contributed by atoms with Crippen LogP contribution in [-0.2, 0) is 4.79 Å². The van der Waals surface area contributed by atoms with E-state index in [2.05, 4.69) is 10.6 Å². The van der Waals surface area contributed by atoms with E-state index in [0.29, 0.717) is 24.3 Å². The topological polar surface area (TPSA) is 98.7 Å². The van der Waals surface area contributed by atoms with Gasteiger partial charge in [0, 0.05) is 18.8 Å². The lowest BCUT2D eigenvalue weighted by atomic mass is 9.97. The zero-order valence-electron chi connectivity index (χ0n) is 15.5. The molecule has 3 N–H and O–H groups in total. The minimum Gasteiger partial charge on any atom is -0.479 e. The second kappa shape index (κ2) is 7.67. The van der Waals surface area contributed by atoms with E-state index in [-0.39, 0.29) is 11.6 Å². The highest BCUT2D eigenvalue weighted by Crippen LogP contribution is 2.24. The van der Waals surface area contributed by atoms with Crippen LogP contribution in [0.1, 0.15) is 33.1 Å². The Bertz CT molecular complexity index is 960. The minimum absolute atomic E-state index is 0.325. The molecule has 0 saturated carbocycles. The minimum atomic E-state index is -1.33. The molecule has 1 aliphatic rings. The van der Waals surface area contributed by atoms with E-state index in [1.807, 2.05) is 13.0 Å². The Hall–Kier alpha value is -3.42. The van der Waals surface area contributed by atoms with Crippen molar-refractivity contribution >= 4 is 23.6 Å². The normalized spacial score (nSPS) is 14.5. The van der Waals surface area contributed by atoms with Gasteiger partial charge in [0.05, 0.1) is 5.56 Å². The van der Waals surface area contributed by atoms with Crippen LogP contribution in [0, 0.1) is 19.7 Å². The van der Waals surface area contributed by atoms with Crippen molar-refractivity contribution < 1.29 is 23.9 Å². The number of carbonyl (C=O) groups excluding carboxylic acids is 2. The number of amides is 3. The van der Waals surface area contributed by atoms with Crippen molar-refractivity contribution in [2.45, 2.75) is 19.9 Å². The molecular weight excluding hydrogens is 365 g/mol.